The molecule has 0 aromatic heterocycles. The Kier molecular flexibility index (Phi) is 2.51. The Labute approximate surface area is 62.6 Å². The van der Waals surface area contributed by atoms with E-state index in [9.17, 15) is 4.79 Å². The number of nitrogens with zero attached hydrogens (tertiary/aromatic N) is 1. The average molecular weight is 192 g/mol. The van der Waals surface area contributed by atoms with Gasteiger partial charge in [0.15, 0.2) is 0 Å². The Morgan fingerprint density at radius 1 is 1.44 bits per heavy atom. The predicted molar refractivity (Wildman–Crippen MR) is 35.1 cm³/mol. The molecule has 1 rings (SSSR count). The molecular formula is C5H9N2OSe. The van der Waals surface area contributed by atoms with E-state index in [1.807, 2.05) is 5.01 Å². The number of carbonyl (C=O) groups is 1. The van der Waals surface area contributed by atoms with Crippen LogP contribution in [0.3, 0.4) is 0 Å². The Morgan fingerprint density at radius 3 is 2.44 bits per heavy atom. The second-order valence-corrected chi connectivity index (χ2v) is 2.87. The van der Waals surface area contributed by atoms with E-state index >= 15 is 0 Å². The first-order chi connectivity index (χ1) is 4.29. The molecule has 1 saturated heterocycles. The molecule has 1 amide bonds. The van der Waals surface area contributed by atoms with Crippen LogP contribution in [-0.4, -0.2) is 38.9 Å². The first kappa shape index (κ1) is 7.06. The molecule has 1 aliphatic rings. The van der Waals surface area contributed by atoms with E-state index in [4.69, 9.17) is 0 Å². The van der Waals surface area contributed by atoms with Gasteiger partial charge in [0.05, 0.1) is 0 Å². The van der Waals surface area contributed by atoms with Gasteiger partial charge < -0.3 is 0 Å². The first-order valence-electron chi connectivity index (χ1n) is 3.01. The van der Waals surface area contributed by atoms with Crippen LogP contribution in [-0.2, 0) is 0 Å². The molecule has 0 atom stereocenters. The summed E-state index contributed by atoms with van der Waals surface area (Å²) in [4.78, 5) is 10.3. The van der Waals surface area contributed by atoms with Crippen LogP contribution in [0.25, 0.3) is 0 Å². The summed E-state index contributed by atoms with van der Waals surface area (Å²) in [6, 6.07) is 0. The van der Waals surface area contributed by atoms with Crippen molar-refractivity contribution < 1.29 is 4.79 Å². The van der Waals surface area contributed by atoms with Gasteiger partial charge in [-0.3, -0.25) is 0 Å². The molecule has 0 spiro atoms. The van der Waals surface area contributed by atoms with Gasteiger partial charge in [0, 0.05) is 0 Å². The fraction of sp³-hybridized carbons (Fsp3) is 0.800. The molecule has 1 radical (unpaired) electrons. The Hall–Kier alpha value is -0.0505. The molecule has 1 heterocycles. The summed E-state index contributed by atoms with van der Waals surface area (Å²) < 4.78 is 0. The number of hydrogen-bond acceptors (Lipinski definition) is 2. The van der Waals surface area contributed by atoms with Gasteiger partial charge in [-0.1, -0.05) is 0 Å². The molecule has 1 N–H and O–H groups in total. The number of hydrazine groups is 1. The van der Waals surface area contributed by atoms with Crippen molar-refractivity contribution >= 4 is 20.8 Å². The molecule has 0 unspecified atom stereocenters. The van der Waals surface area contributed by atoms with Crippen molar-refractivity contribution in [3.05, 3.63) is 0 Å². The summed E-state index contributed by atoms with van der Waals surface area (Å²) in [5.41, 5.74) is 2.68. The van der Waals surface area contributed by atoms with Gasteiger partial charge in [0.1, 0.15) is 0 Å². The number of rotatable bonds is 1. The Morgan fingerprint density at radius 2 is 2.00 bits per heavy atom. The molecule has 0 aromatic rings. The maximum atomic E-state index is 10.4. The molecular weight excluding hydrogens is 183 g/mol. The van der Waals surface area contributed by atoms with E-state index in [2.05, 4.69) is 21.4 Å². The summed E-state index contributed by atoms with van der Waals surface area (Å²) in [5.74, 6) is 0. The van der Waals surface area contributed by atoms with E-state index in [0.717, 1.165) is 13.1 Å². The zero-order valence-electron chi connectivity index (χ0n) is 5.09. The fourth-order valence-electron chi connectivity index (χ4n) is 0.958. The minimum atomic E-state index is -0.0862. The van der Waals surface area contributed by atoms with Gasteiger partial charge in [-0.05, 0) is 0 Å². The number of carbonyl (C=O) groups excluding carboxylic acids is 1. The van der Waals surface area contributed by atoms with Gasteiger partial charge in [0.2, 0.25) is 0 Å². The van der Waals surface area contributed by atoms with Gasteiger partial charge >= 0.3 is 62.0 Å². The predicted octanol–water partition coefficient (Wildman–Crippen LogP) is -0.125. The first-order valence-corrected chi connectivity index (χ1v) is 3.87. The minimum absolute atomic E-state index is 0.0862. The second-order valence-electron chi connectivity index (χ2n) is 2.09. The topological polar surface area (TPSA) is 32.3 Å². The van der Waals surface area contributed by atoms with E-state index in [1.165, 1.54) is 12.8 Å². The molecule has 9 heavy (non-hydrogen) atoms. The Bertz CT molecular complexity index is 112. The molecule has 1 fully saturated rings. The fourth-order valence-corrected chi connectivity index (χ4v) is 1.23. The van der Waals surface area contributed by atoms with E-state index in [0.29, 0.717) is 0 Å². The van der Waals surface area contributed by atoms with Crippen molar-refractivity contribution in [2.24, 2.45) is 0 Å². The molecule has 0 saturated carbocycles. The third-order valence-electron chi connectivity index (χ3n) is 1.36. The van der Waals surface area contributed by atoms with Crippen LogP contribution in [0.2, 0.25) is 0 Å². The average Bonchev–Trinajstić information content (AvgIpc) is 2.15. The van der Waals surface area contributed by atoms with Crippen molar-refractivity contribution in [2.45, 2.75) is 12.8 Å². The van der Waals surface area contributed by atoms with Gasteiger partial charge in [-0.15, -0.1) is 0 Å². The van der Waals surface area contributed by atoms with Gasteiger partial charge in [-0.25, -0.2) is 0 Å². The van der Waals surface area contributed by atoms with Crippen LogP contribution in [0.5, 0.6) is 0 Å². The zero-order chi connectivity index (χ0) is 6.69. The molecule has 0 aliphatic carbocycles. The van der Waals surface area contributed by atoms with Crippen molar-refractivity contribution in [3.63, 3.8) is 0 Å². The number of nitrogens with one attached hydrogen (secondary N) is 1. The summed E-state index contributed by atoms with van der Waals surface area (Å²) >= 11 is 2.38. The number of hydrogen-bond donors (Lipinski definition) is 1. The van der Waals surface area contributed by atoms with Crippen LogP contribution in [0.1, 0.15) is 12.8 Å². The standard InChI is InChI=1S/C5H9N2OSe/c8-5(9)6-7-3-1-2-4-7/h1-4H2,(H,6,8). The third-order valence-corrected chi connectivity index (χ3v) is 1.55. The summed E-state index contributed by atoms with van der Waals surface area (Å²) in [6.45, 7) is 1.99. The van der Waals surface area contributed by atoms with E-state index in [-0.39, 0.29) is 4.81 Å². The molecule has 0 bridgehead atoms. The second kappa shape index (κ2) is 3.20. The molecule has 3 nitrogen and oxygen atoms in total. The summed E-state index contributed by atoms with van der Waals surface area (Å²) in [5, 5.41) is 1.93. The summed E-state index contributed by atoms with van der Waals surface area (Å²) in [7, 11) is 0. The summed E-state index contributed by atoms with van der Waals surface area (Å²) in [6.07, 6.45) is 2.39. The maximum absolute atomic E-state index is 10.4. The molecule has 51 valence electrons. The van der Waals surface area contributed by atoms with Crippen LogP contribution >= 0.6 is 0 Å². The van der Waals surface area contributed by atoms with E-state index < -0.39 is 0 Å². The van der Waals surface area contributed by atoms with Crippen molar-refractivity contribution in [3.8, 4) is 0 Å². The number of amides is 1. The Balaban J connectivity index is 2.19. The molecule has 4 heteroatoms. The zero-order valence-corrected chi connectivity index (χ0v) is 6.81. The quantitative estimate of drug-likeness (QED) is 0.587. The van der Waals surface area contributed by atoms with Crippen molar-refractivity contribution in [1.82, 2.24) is 10.4 Å². The normalized spacial score (nSPS) is 20.0. The van der Waals surface area contributed by atoms with Crippen molar-refractivity contribution in [2.75, 3.05) is 13.1 Å². The van der Waals surface area contributed by atoms with Gasteiger partial charge in [-0.2, -0.15) is 0 Å². The third kappa shape index (κ3) is 2.35. The monoisotopic (exact) mass is 193 g/mol. The van der Waals surface area contributed by atoms with Crippen LogP contribution in [0.15, 0.2) is 0 Å². The van der Waals surface area contributed by atoms with Crippen molar-refractivity contribution in [1.29, 1.82) is 0 Å². The van der Waals surface area contributed by atoms with Gasteiger partial charge in [0.25, 0.3) is 0 Å². The van der Waals surface area contributed by atoms with Crippen LogP contribution < -0.4 is 5.43 Å². The molecule has 0 aromatic carbocycles. The van der Waals surface area contributed by atoms with Crippen LogP contribution in [0.4, 0.5) is 4.79 Å². The SMILES string of the molecule is O=C([Se])NN1CCCC1. The van der Waals surface area contributed by atoms with Crippen LogP contribution in [0, 0.1) is 0 Å². The molecule has 1 aliphatic heterocycles. The van der Waals surface area contributed by atoms with E-state index in [1.54, 1.807) is 0 Å².